The lowest BCUT2D eigenvalue weighted by atomic mass is 10.0. The quantitative estimate of drug-likeness (QED) is 0.919. The van der Waals surface area contributed by atoms with Gasteiger partial charge >= 0.3 is 0 Å². The van der Waals surface area contributed by atoms with Gasteiger partial charge in [-0.25, -0.2) is 4.39 Å². The van der Waals surface area contributed by atoms with E-state index in [9.17, 15) is 9.50 Å². The summed E-state index contributed by atoms with van der Waals surface area (Å²) in [4.78, 5) is 3.86. The molecule has 0 spiro atoms. The number of aliphatic hydroxyl groups is 1. The number of aromatic nitrogens is 1. The topological polar surface area (TPSA) is 51.6 Å². The number of hydrogen-bond acceptors (Lipinski definition) is 4. The molecule has 1 aromatic carbocycles. The monoisotopic (exact) mass is 263 g/mol. The third-order valence-corrected chi connectivity index (χ3v) is 2.77. The van der Waals surface area contributed by atoms with Gasteiger partial charge in [-0.2, -0.15) is 0 Å². The van der Waals surface area contributed by atoms with Crippen molar-refractivity contribution in [1.82, 2.24) is 4.98 Å². The van der Waals surface area contributed by atoms with Crippen molar-refractivity contribution in [2.24, 2.45) is 0 Å². The van der Waals surface area contributed by atoms with Gasteiger partial charge in [0, 0.05) is 6.20 Å². The largest absolute Gasteiger partial charge is 0.493 e. The van der Waals surface area contributed by atoms with Crippen molar-refractivity contribution in [2.75, 3.05) is 14.2 Å². The predicted octanol–water partition coefficient (Wildman–Crippen LogP) is 2.32. The molecule has 0 fully saturated rings. The third kappa shape index (κ3) is 2.66. The molecule has 0 bridgehead atoms. The van der Waals surface area contributed by atoms with E-state index >= 15 is 0 Å². The molecular formula is C14H14FNO3. The second-order valence-electron chi connectivity index (χ2n) is 3.89. The number of rotatable bonds is 4. The summed E-state index contributed by atoms with van der Waals surface area (Å²) in [5.74, 6) is 0.458. The Labute approximate surface area is 110 Å². The predicted molar refractivity (Wildman–Crippen MR) is 67.8 cm³/mol. The summed E-state index contributed by atoms with van der Waals surface area (Å²) in [5, 5.41) is 10.2. The molecule has 5 heteroatoms. The van der Waals surface area contributed by atoms with E-state index in [0.717, 1.165) is 0 Å². The SMILES string of the molecule is COc1ccc(C(O)c2ncccc2F)cc1OC. The van der Waals surface area contributed by atoms with Crippen LogP contribution < -0.4 is 9.47 Å². The zero-order chi connectivity index (χ0) is 13.8. The Bertz CT molecular complexity index is 574. The van der Waals surface area contributed by atoms with Crippen LogP contribution in [0.25, 0.3) is 0 Å². The van der Waals surface area contributed by atoms with Crippen molar-refractivity contribution in [1.29, 1.82) is 0 Å². The van der Waals surface area contributed by atoms with Crippen LogP contribution in [0, 0.1) is 5.82 Å². The second kappa shape index (κ2) is 5.67. The second-order valence-corrected chi connectivity index (χ2v) is 3.89. The Morgan fingerprint density at radius 1 is 1.16 bits per heavy atom. The highest BCUT2D eigenvalue weighted by Crippen LogP contribution is 2.32. The van der Waals surface area contributed by atoms with Crippen LogP contribution in [0.1, 0.15) is 17.4 Å². The number of aliphatic hydroxyl groups excluding tert-OH is 1. The summed E-state index contributed by atoms with van der Waals surface area (Å²) in [6.07, 6.45) is 0.281. The van der Waals surface area contributed by atoms with Crippen molar-refractivity contribution in [3.8, 4) is 11.5 Å². The standard InChI is InChI=1S/C14H14FNO3/c1-18-11-6-5-9(8-12(11)19-2)14(17)13-10(15)4-3-7-16-13/h3-8,14,17H,1-2H3. The maximum Gasteiger partial charge on any atom is 0.161 e. The van der Waals surface area contributed by atoms with Gasteiger partial charge < -0.3 is 14.6 Å². The molecule has 0 saturated carbocycles. The Balaban J connectivity index is 2.39. The highest BCUT2D eigenvalue weighted by atomic mass is 19.1. The summed E-state index contributed by atoms with van der Waals surface area (Å²) >= 11 is 0. The molecule has 0 saturated heterocycles. The molecule has 4 nitrogen and oxygen atoms in total. The fourth-order valence-corrected chi connectivity index (χ4v) is 1.78. The first-order chi connectivity index (χ1) is 9.17. The minimum Gasteiger partial charge on any atom is -0.493 e. The Morgan fingerprint density at radius 3 is 2.53 bits per heavy atom. The van der Waals surface area contributed by atoms with E-state index in [2.05, 4.69) is 4.98 Å². The molecule has 19 heavy (non-hydrogen) atoms. The number of hydrogen-bond donors (Lipinski definition) is 1. The molecule has 2 rings (SSSR count). The summed E-state index contributed by atoms with van der Waals surface area (Å²) < 4.78 is 23.8. The van der Waals surface area contributed by atoms with Crippen molar-refractivity contribution in [3.63, 3.8) is 0 Å². The number of halogens is 1. The Hall–Kier alpha value is -2.14. The Morgan fingerprint density at radius 2 is 1.89 bits per heavy atom. The van der Waals surface area contributed by atoms with Gasteiger partial charge in [0.25, 0.3) is 0 Å². The molecule has 2 aromatic rings. The number of nitrogens with zero attached hydrogens (tertiary/aromatic N) is 1. The van der Waals surface area contributed by atoms with E-state index in [1.54, 1.807) is 18.2 Å². The van der Waals surface area contributed by atoms with Crippen molar-refractivity contribution in [2.45, 2.75) is 6.10 Å². The van der Waals surface area contributed by atoms with E-state index < -0.39 is 11.9 Å². The summed E-state index contributed by atoms with van der Waals surface area (Å²) in [7, 11) is 3.02. The lowest BCUT2D eigenvalue weighted by molar-refractivity contribution is 0.208. The van der Waals surface area contributed by atoms with E-state index in [1.807, 2.05) is 0 Å². The molecule has 1 aromatic heterocycles. The third-order valence-electron chi connectivity index (χ3n) is 2.77. The van der Waals surface area contributed by atoms with Crippen LogP contribution >= 0.6 is 0 Å². The zero-order valence-electron chi connectivity index (χ0n) is 10.6. The first kappa shape index (κ1) is 13.3. The van der Waals surface area contributed by atoms with Gasteiger partial charge in [0.15, 0.2) is 11.5 Å². The van der Waals surface area contributed by atoms with Crippen LogP contribution in [0.15, 0.2) is 36.5 Å². The molecule has 1 unspecified atom stereocenters. The van der Waals surface area contributed by atoms with Crippen LogP contribution in [-0.2, 0) is 0 Å². The van der Waals surface area contributed by atoms with Crippen LogP contribution in [0.5, 0.6) is 11.5 Å². The first-order valence-electron chi connectivity index (χ1n) is 5.67. The fraction of sp³-hybridized carbons (Fsp3) is 0.214. The van der Waals surface area contributed by atoms with Crippen molar-refractivity contribution in [3.05, 3.63) is 53.6 Å². The minimum absolute atomic E-state index is 0.0188. The molecule has 0 aliphatic rings. The minimum atomic E-state index is -1.15. The molecular weight excluding hydrogens is 249 g/mol. The summed E-state index contributed by atoms with van der Waals surface area (Å²) in [5.41, 5.74) is 0.463. The van der Waals surface area contributed by atoms with Gasteiger partial charge in [0.1, 0.15) is 17.6 Å². The average Bonchev–Trinajstić information content (AvgIpc) is 2.46. The Kier molecular flexibility index (Phi) is 3.97. The van der Waals surface area contributed by atoms with Gasteiger partial charge in [-0.05, 0) is 29.8 Å². The van der Waals surface area contributed by atoms with E-state index in [4.69, 9.17) is 9.47 Å². The smallest absolute Gasteiger partial charge is 0.161 e. The van der Waals surface area contributed by atoms with E-state index in [0.29, 0.717) is 17.1 Å². The van der Waals surface area contributed by atoms with Gasteiger partial charge in [0.2, 0.25) is 0 Å². The fourth-order valence-electron chi connectivity index (χ4n) is 1.78. The molecule has 0 radical (unpaired) electrons. The highest BCUT2D eigenvalue weighted by molar-refractivity contribution is 5.44. The van der Waals surface area contributed by atoms with Gasteiger partial charge in [-0.1, -0.05) is 6.07 Å². The molecule has 100 valence electrons. The van der Waals surface area contributed by atoms with E-state index in [1.165, 1.54) is 32.5 Å². The maximum absolute atomic E-state index is 13.6. The van der Waals surface area contributed by atoms with Crippen molar-refractivity contribution >= 4 is 0 Å². The van der Waals surface area contributed by atoms with Crippen LogP contribution in [0.4, 0.5) is 4.39 Å². The molecule has 1 N–H and O–H groups in total. The zero-order valence-corrected chi connectivity index (χ0v) is 10.6. The first-order valence-corrected chi connectivity index (χ1v) is 5.67. The number of methoxy groups -OCH3 is 2. The van der Waals surface area contributed by atoms with E-state index in [-0.39, 0.29) is 5.69 Å². The average molecular weight is 263 g/mol. The summed E-state index contributed by atoms with van der Waals surface area (Å²) in [6.45, 7) is 0. The normalized spacial score (nSPS) is 12.0. The lowest BCUT2D eigenvalue weighted by Crippen LogP contribution is -2.05. The number of benzene rings is 1. The number of ether oxygens (including phenoxy) is 2. The molecule has 1 heterocycles. The molecule has 0 aliphatic carbocycles. The van der Waals surface area contributed by atoms with Crippen LogP contribution in [-0.4, -0.2) is 24.3 Å². The molecule has 0 amide bonds. The molecule has 1 atom stereocenters. The van der Waals surface area contributed by atoms with Gasteiger partial charge in [-0.3, -0.25) is 4.98 Å². The van der Waals surface area contributed by atoms with Crippen LogP contribution in [0.3, 0.4) is 0 Å². The summed E-state index contributed by atoms with van der Waals surface area (Å²) in [6, 6.07) is 7.61. The maximum atomic E-state index is 13.6. The van der Waals surface area contributed by atoms with Crippen molar-refractivity contribution < 1.29 is 19.0 Å². The highest BCUT2D eigenvalue weighted by Gasteiger charge is 2.18. The number of pyridine rings is 1. The van der Waals surface area contributed by atoms with Gasteiger partial charge in [-0.15, -0.1) is 0 Å². The lowest BCUT2D eigenvalue weighted by Gasteiger charge is -2.14. The molecule has 0 aliphatic heterocycles. The van der Waals surface area contributed by atoms with Gasteiger partial charge in [0.05, 0.1) is 14.2 Å². The van der Waals surface area contributed by atoms with Crippen LogP contribution in [0.2, 0.25) is 0 Å².